The molecule has 86 valence electrons. The third-order valence-electron chi connectivity index (χ3n) is 3.73. The molecule has 1 N–H and O–H groups in total. The van der Waals surface area contributed by atoms with Crippen molar-refractivity contribution in [3.8, 4) is 0 Å². The number of nitrogens with one attached hydrogen (secondary N) is 1. The normalized spacial score (nSPS) is 25.1. The molecule has 2 rings (SSSR count). The highest BCUT2D eigenvalue weighted by molar-refractivity contribution is 5.74. The lowest BCUT2D eigenvalue weighted by atomic mass is 9.73. The van der Waals surface area contributed by atoms with E-state index in [1.54, 1.807) is 7.05 Å². The van der Waals surface area contributed by atoms with Crippen LogP contribution in [0.3, 0.4) is 0 Å². The topological polar surface area (TPSA) is 35.6 Å². The molecular weight excluding hydrogens is 190 g/mol. The first-order valence-corrected chi connectivity index (χ1v) is 5.88. The molecule has 2 aliphatic heterocycles. The van der Waals surface area contributed by atoms with Crippen molar-refractivity contribution in [3.05, 3.63) is 0 Å². The van der Waals surface area contributed by atoms with Crippen molar-refractivity contribution in [2.24, 2.45) is 5.41 Å². The summed E-state index contributed by atoms with van der Waals surface area (Å²) in [5.74, 6) is 0. The average Bonchev–Trinajstić information content (AvgIpc) is 2.24. The number of hydrogen-bond donors (Lipinski definition) is 1. The summed E-state index contributed by atoms with van der Waals surface area (Å²) in [4.78, 5) is 16.0. The van der Waals surface area contributed by atoms with Crippen LogP contribution in [0.15, 0.2) is 0 Å². The largest absolute Gasteiger partial charge is 0.341 e. The van der Waals surface area contributed by atoms with E-state index in [-0.39, 0.29) is 6.03 Å². The molecule has 1 spiro atoms. The predicted molar refractivity (Wildman–Crippen MR) is 59.8 cm³/mol. The monoisotopic (exact) mass is 211 g/mol. The van der Waals surface area contributed by atoms with Gasteiger partial charge in [0.15, 0.2) is 0 Å². The number of amides is 2. The maximum Gasteiger partial charge on any atom is 0.317 e. The summed E-state index contributed by atoms with van der Waals surface area (Å²) in [7, 11) is 1.71. The Labute approximate surface area is 91.6 Å². The molecule has 0 aromatic heterocycles. The average molecular weight is 211 g/mol. The van der Waals surface area contributed by atoms with Gasteiger partial charge in [0, 0.05) is 38.6 Å². The Bertz CT molecular complexity index is 248. The van der Waals surface area contributed by atoms with Gasteiger partial charge in [0.05, 0.1) is 0 Å². The third kappa shape index (κ3) is 1.95. The minimum atomic E-state index is 0.0871. The number of carbonyl (C=O) groups is 1. The number of hydrogen-bond acceptors (Lipinski definition) is 2. The highest BCUT2D eigenvalue weighted by Gasteiger charge is 2.45. The molecule has 0 unspecified atom stereocenters. The zero-order valence-corrected chi connectivity index (χ0v) is 9.75. The van der Waals surface area contributed by atoms with Gasteiger partial charge in [-0.3, -0.25) is 0 Å². The maximum atomic E-state index is 11.5. The Morgan fingerprint density at radius 2 is 2.13 bits per heavy atom. The first kappa shape index (κ1) is 10.7. The van der Waals surface area contributed by atoms with Gasteiger partial charge in [0.2, 0.25) is 0 Å². The van der Waals surface area contributed by atoms with E-state index in [1.165, 1.54) is 19.5 Å². The highest BCUT2D eigenvalue weighted by atomic mass is 16.2. The van der Waals surface area contributed by atoms with Crippen molar-refractivity contribution in [1.29, 1.82) is 0 Å². The highest BCUT2D eigenvalue weighted by Crippen LogP contribution is 2.38. The van der Waals surface area contributed by atoms with Crippen LogP contribution in [-0.2, 0) is 0 Å². The van der Waals surface area contributed by atoms with E-state index in [9.17, 15) is 4.79 Å². The zero-order valence-electron chi connectivity index (χ0n) is 9.75. The molecule has 4 nitrogen and oxygen atoms in total. The number of rotatable bonds is 1. The van der Waals surface area contributed by atoms with E-state index in [0.717, 1.165) is 26.1 Å². The molecule has 2 saturated heterocycles. The van der Waals surface area contributed by atoms with Crippen LogP contribution in [0, 0.1) is 5.41 Å². The molecule has 0 aliphatic carbocycles. The van der Waals surface area contributed by atoms with Gasteiger partial charge < -0.3 is 15.1 Å². The molecule has 0 radical (unpaired) electrons. The lowest BCUT2D eigenvalue weighted by Crippen LogP contribution is -2.63. The minimum absolute atomic E-state index is 0.0871. The van der Waals surface area contributed by atoms with Gasteiger partial charge in [-0.15, -0.1) is 0 Å². The van der Waals surface area contributed by atoms with E-state index >= 15 is 0 Å². The third-order valence-corrected chi connectivity index (χ3v) is 3.73. The molecule has 0 aromatic rings. The summed E-state index contributed by atoms with van der Waals surface area (Å²) in [6.45, 7) is 7.57. The smallest absolute Gasteiger partial charge is 0.317 e. The van der Waals surface area contributed by atoms with Gasteiger partial charge in [-0.2, -0.15) is 0 Å². The Morgan fingerprint density at radius 1 is 1.40 bits per heavy atom. The minimum Gasteiger partial charge on any atom is -0.341 e. The number of nitrogens with zero attached hydrogens (tertiary/aromatic N) is 2. The van der Waals surface area contributed by atoms with Crippen molar-refractivity contribution >= 4 is 6.03 Å². The van der Waals surface area contributed by atoms with E-state index in [4.69, 9.17) is 0 Å². The fraction of sp³-hybridized carbons (Fsp3) is 0.909. The molecule has 4 heteroatoms. The van der Waals surface area contributed by atoms with Crippen LogP contribution < -0.4 is 5.32 Å². The molecule has 2 aliphatic rings. The second kappa shape index (κ2) is 4.00. The first-order valence-electron chi connectivity index (χ1n) is 5.88. The fourth-order valence-corrected chi connectivity index (χ4v) is 2.92. The molecular formula is C11H21N3O. The quantitative estimate of drug-likeness (QED) is 0.694. The van der Waals surface area contributed by atoms with Gasteiger partial charge in [0.1, 0.15) is 0 Å². The van der Waals surface area contributed by atoms with Crippen LogP contribution in [0.5, 0.6) is 0 Å². The van der Waals surface area contributed by atoms with Crippen molar-refractivity contribution < 1.29 is 4.79 Å². The Hall–Kier alpha value is -0.770. The van der Waals surface area contributed by atoms with Crippen LogP contribution in [-0.4, -0.2) is 55.6 Å². The lowest BCUT2D eigenvalue weighted by molar-refractivity contribution is -0.0406. The summed E-state index contributed by atoms with van der Waals surface area (Å²) in [5.41, 5.74) is 0.417. The van der Waals surface area contributed by atoms with Gasteiger partial charge in [0.25, 0.3) is 0 Å². The van der Waals surface area contributed by atoms with Crippen LogP contribution in [0.2, 0.25) is 0 Å². The first-order chi connectivity index (χ1) is 7.19. The lowest BCUT2D eigenvalue weighted by Gasteiger charge is -2.54. The number of likely N-dealkylation sites (tertiary alicyclic amines) is 2. The Kier molecular flexibility index (Phi) is 2.87. The summed E-state index contributed by atoms with van der Waals surface area (Å²) in [5, 5.41) is 2.72. The standard InChI is InChI=1S/C11H21N3O/c1-3-13-7-11(8-13)5-4-6-14(9-11)10(15)12-2/h3-9H2,1-2H3,(H,12,15). The van der Waals surface area contributed by atoms with Crippen LogP contribution in [0.25, 0.3) is 0 Å². The van der Waals surface area contributed by atoms with Gasteiger partial charge in [-0.05, 0) is 19.4 Å². The van der Waals surface area contributed by atoms with Crippen LogP contribution in [0.4, 0.5) is 4.79 Å². The van der Waals surface area contributed by atoms with Crippen LogP contribution >= 0.6 is 0 Å². The Balaban J connectivity index is 1.91. The predicted octanol–water partition coefficient (Wildman–Crippen LogP) is 0.743. The number of piperidine rings is 1. The van der Waals surface area contributed by atoms with Crippen molar-refractivity contribution in [3.63, 3.8) is 0 Å². The number of carbonyl (C=O) groups excluding carboxylic acids is 1. The Morgan fingerprint density at radius 3 is 2.73 bits per heavy atom. The van der Waals surface area contributed by atoms with E-state index in [0.29, 0.717) is 5.41 Å². The molecule has 0 bridgehead atoms. The van der Waals surface area contributed by atoms with Crippen LogP contribution in [0.1, 0.15) is 19.8 Å². The van der Waals surface area contributed by atoms with Crippen molar-refractivity contribution in [1.82, 2.24) is 15.1 Å². The summed E-state index contributed by atoms with van der Waals surface area (Å²) < 4.78 is 0. The van der Waals surface area contributed by atoms with Gasteiger partial charge >= 0.3 is 6.03 Å². The zero-order chi connectivity index (χ0) is 10.9. The molecule has 0 aromatic carbocycles. The molecule has 0 atom stereocenters. The van der Waals surface area contributed by atoms with Crippen molar-refractivity contribution in [2.75, 3.05) is 39.8 Å². The summed E-state index contributed by atoms with van der Waals surface area (Å²) >= 11 is 0. The second-order valence-corrected chi connectivity index (χ2v) is 4.88. The molecule has 0 saturated carbocycles. The molecule has 2 fully saturated rings. The van der Waals surface area contributed by atoms with E-state index in [1.807, 2.05) is 4.90 Å². The molecule has 15 heavy (non-hydrogen) atoms. The molecule has 2 amide bonds. The maximum absolute atomic E-state index is 11.5. The fourth-order valence-electron chi connectivity index (χ4n) is 2.92. The van der Waals surface area contributed by atoms with Gasteiger partial charge in [-0.25, -0.2) is 4.79 Å². The van der Waals surface area contributed by atoms with E-state index < -0.39 is 0 Å². The van der Waals surface area contributed by atoms with Gasteiger partial charge in [-0.1, -0.05) is 6.92 Å². The number of urea groups is 1. The summed E-state index contributed by atoms with van der Waals surface area (Å²) in [6.07, 6.45) is 2.45. The van der Waals surface area contributed by atoms with E-state index in [2.05, 4.69) is 17.1 Å². The van der Waals surface area contributed by atoms with Crippen molar-refractivity contribution in [2.45, 2.75) is 19.8 Å². The summed E-state index contributed by atoms with van der Waals surface area (Å²) in [6, 6.07) is 0.0871. The SMILES string of the molecule is CCN1CC2(CCCN(C(=O)NC)C2)C1. The molecule has 2 heterocycles. The second-order valence-electron chi connectivity index (χ2n) is 4.88.